The van der Waals surface area contributed by atoms with E-state index in [4.69, 9.17) is 9.84 Å². The van der Waals surface area contributed by atoms with Crippen molar-refractivity contribution >= 4 is 28.7 Å². The van der Waals surface area contributed by atoms with Gasteiger partial charge in [-0.25, -0.2) is 9.78 Å². The van der Waals surface area contributed by atoms with E-state index in [0.29, 0.717) is 16.4 Å². The molecular formula is C13H13N3O3S. The van der Waals surface area contributed by atoms with Crippen molar-refractivity contribution in [1.29, 1.82) is 0 Å². The number of carbonyl (C=O) groups is 1. The third-order valence-corrected chi connectivity index (χ3v) is 3.32. The molecule has 1 aromatic carbocycles. The number of rotatable bonds is 5. The fourth-order valence-corrected chi connectivity index (χ4v) is 2.17. The highest BCUT2D eigenvalue weighted by Gasteiger charge is 2.07. The maximum absolute atomic E-state index is 10.9. The third-order valence-electron chi connectivity index (χ3n) is 2.46. The van der Waals surface area contributed by atoms with Crippen LogP contribution in [0.5, 0.6) is 5.75 Å². The van der Waals surface area contributed by atoms with Crippen molar-refractivity contribution in [2.75, 3.05) is 12.5 Å². The van der Waals surface area contributed by atoms with Gasteiger partial charge < -0.3 is 9.84 Å². The van der Waals surface area contributed by atoms with E-state index >= 15 is 0 Å². The standard InChI is InChI=1S/C13H13N3O3S/c1-8-7-20-13(15-8)16-14-6-10-5-9(12(17)18)3-4-11(10)19-2/h3-7H,1-2H3,(H,15,16)(H,17,18). The second-order valence-corrected chi connectivity index (χ2v) is 4.78. The molecule has 2 N–H and O–H groups in total. The number of nitrogens with zero attached hydrogens (tertiary/aromatic N) is 2. The molecule has 0 amide bonds. The van der Waals surface area contributed by atoms with Crippen LogP contribution in [0.3, 0.4) is 0 Å². The molecule has 0 aliphatic rings. The molecule has 0 saturated heterocycles. The van der Waals surface area contributed by atoms with E-state index in [9.17, 15) is 4.79 Å². The smallest absolute Gasteiger partial charge is 0.335 e. The van der Waals surface area contributed by atoms with Gasteiger partial charge in [0.25, 0.3) is 0 Å². The fourth-order valence-electron chi connectivity index (χ4n) is 1.53. The van der Waals surface area contributed by atoms with E-state index in [1.54, 1.807) is 6.07 Å². The lowest BCUT2D eigenvalue weighted by molar-refractivity contribution is 0.0697. The first-order chi connectivity index (χ1) is 9.60. The first-order valence-electron chi connectivity index (χ1n) is 5.72. The molecule has 20 heavy (non-hydrogen) atoms. The molecule has 0 aliphatic carbocycles. The molecule has 2 rings (SSSR count). The summed E-state index contributed by atoms with van der Waals surface area (Å²) in [6.45, 7) is 1.89. The number of carboxylic acid groups (broad SMARTS) is 1. The molecule has 104 valence electrons. The predicted molar refractivity (Wildman–Crippen MR) is 78.0 cm³/mol. The van der Waals surface area contributed by atoms with Crippen LogP contribution >= 0.6 is 11.3 Å². The Hall–Kier alpha value is -2.41. The molecule has 1 aromatic heterocycles. The summed E-state index contributed by atoms with van der Waals surface area (Å²) in [6.07, 6.45) is 1.50. The molecule has 0 spiro atoms. The summed E-state index contributed by atoms with van der Waals surface area (Å²) < 4.78 is 5.16. The summed E-state index contributed by atoms with van der Waals surface area (Å²) in [7, 11) is 1.52. The maximum Gasteiger partial charge on any atom is 0.335 e. The zero-order chi connectivity index (χ0) is 14.5. The zero-order valence-electron chi connectivity index (χ0n) is 11.0. The van der Waals surface area contributed by atoms with Crippen molar-refractivity contribution in [1.82, 2.24) is 4.98 Å². The lowest BCUT2D eigenvalue weighted by atomic mass is 10.1. The molecule has 0 fully saturated rings. The van der Waals surface area contributed by atoms with Gasteiger partial charge in [0, 0.05) is 10.9 Å². The minimum atomic E-state index is -0.995. The molecule has 1 heterocycles. The number of methoxy groups -OCH3 is 1. The predicted octanol–water partition coefficient (Wildman–Crippen LogP) is 2.60. The van der Waals surface area contributed by atoms with Gasteiger partial charge in [-0.2, -0.15) is 5.10 Å². The lowest BCUT2D eigenvalue weighted by Crippen LogP contribution is -2.00. The Morgan fingerprint density at radius 3 is 2.95 bits per heavy atom. The molecule has 0 saturated carbocycles. The zero-order valence-corrected chi connectivity index (χ0v) is 11.8. The minimum absolute atomic E-state index is 0.178. The number of aromatic carboxylic acids is 1. The van der Waals surface area contributed by atoms with Gasteiger partial charge in [0.2, 0.25) is 5.13 Å². The number of hydrazone groups is 1. The van der Waals surface area contributed by atoms with Crippen molar-refractivity contribution in [2.24, 2.45) is 5.10 Å². The summed E-state index contributed by atoms with van der Waals surface area (Å²) in [5.74, 6) is -0.443. The van der Waals surface area contributed by atoms with Gasteiger partial charge in [0.1, 0.15) is 5.75 Å². The number of carboxylic acids is 1. The van der Waals surface area contributed by atoms with Crippen molar-refractivity contribution < 1.29 is 14.6 Å². The van der Waals surface area contributed by atoms with Gasteiger partial charge in [-0.1, -0.05) is 0 Å². The Morgan fingerprint density at radius 2 is 2.35 bits per heavy atom. The normalized spacial score (nSPS) is 10.7. The number of benzene rings is 1. The number of aryl methyl sites for hydroxylation is 1. The van der Waals surface area contributed by atoms with Gasteiger partial charge in [0.15, 0.2) is 0 Å². The van der Waals surface area contributed by atoms with Gasteiger partial charge in [-0.15, -0.1) is 11.3 Å². The molecule has 6 nitrogen and oxygen atoms in total. The number of hydrogen-bond donors (Lipinski definition) is 2. The highest BCUT2D eigenvalue weighted by atomic mass is 32.1. The van der Waals surface area contributed by atoms with Crippen LogP contribution in [-0.4, -0.2) is 29.4 Å². The number of anilines is 1. The van der Waals surface area contributed by atoms with E-state index in [-0.39, 0.29) is 5.56 Å². The molecule has 0 bridgehead atoms. The molecule has 0 unspecified atom stereocenters. The average molecular weight is 291 g/mol. The van der Waals surface area contributed by atoms with Gasteiger partial charge in [-0.05, 0) is 25.1 Å². The lowest BCUT2D eigenvalue weighted by Gasteiger charge is -2.05. The summed E-state index contributed by atoms with van der Waals surface area (Å²) in [6, 6.07) is 4.58. The summed E-state index contributed by atoms with van der Waals surface area (Å²) in [5, 5.41) is 15.6. The van der Waals surface area contributed by atoms with Crippen molar-refractivity contribution in [2.45, 2.75) is 6.92 Å². The summed E-state index contributed by atoms with van der Waals surface area (Å²) >= 11 is 1.44. The Morgan fingerprint density at radius 1 is 1.55 bits per heavy atom. The Kier molecular flexibility index (Phi) is 4.31. The van der Waals surface area contributed by atoms with E-state index in [2.05, 4.69) is 15.5 Å². The van der Waals surface area contributed by atoms with E-state index in [0.717, 1.165) is 5.69 Å². The number of ether oxygens (including phenoxy) is 1. The van der Waals surface area contributed by atoms with Crippen molar-refractivity contribution in [3.8, 4) is 5.75 Å². The number of thiazole rings is 1. The van der Waals surface area contributed by atoms with Gasteiger partial charge in [0.05, 0.1) is 24.6 Å². The fraction of sp³-hybridized carbons (Fsp3) is 0.154. The van der Waals surface area contributed by atoms with E-state index < -0.39 is 5.97 Å². The van der Waals surface area contributed by atoms with Crippen LogP contribution in [0, 0.1) is 6.92 Å². The van der Waals surface area contributed by atoms with Crippen molar-refractivity contribution in [3.63, 3.8) is 0 Å². The van der Waals surface area contributed by atoms with Crippen LogP contribution in [0.2, 0.25) is 0 Å². The van der Waals surface area contributed by atoms with E-state index in [1.807, 2.05) is 12.3 Å². The molecule has 7 heteroatoms. The molecule has 0 radical (unpaired) electrons. The number of aromatic nitrogens is 1. The second kappa shape index (κ2) is 6.16. The Labute approximate surface area is 119 Å². The summed E-state index contributed by atoms with van der Waals surface area (Å²) in [4.78, 5) is 15.1. The molecular weight excluding hydrogens is 278 g/mol. The van der Waals surface area contributed by atoms with Crippen LogP contribution in [0.1, 0.15) is 21.6 Å². The maximum atomic E-state index is 10.9. The highest BCUT2D eigenvalue weighted by Crippen LogP contribution is 2.19. The van der Waals surface area contributed by atoms with Gasteiger partial charge >= 0.3 is 5.97 Å². The molecule has 0 atom stereocenters. The average Bonchev–Trinajstić information content (AvgIpc) is 2.84. The monoisotopic (exact) mass is 291 g/mol. The van der Waals surface area contributed by atoms with Crippen LogP contribution in [-0.2, 0) is 0 Å². The highest BCUT2D eigenvalue weighted by molar-refractivity contribution is 7.13. The largest absolute Gasteiger partial charge is 0.496 e. The summed E-state index contributed by atoms with van der Waals surface area (Å²) in [5.41, 5.74) is 4.46. The SMILES string of the molecule is COc1ccc(C(=O)O)cc1C=NNc1nc(C)cs1. The first kappa shape index (κ1) is 14.0. The molecule has 2 aromatic rings. The van der Waals surface area contributed by atoms with Crippen LogP contribution in [0.25, 0.3) is 0 Å². The number of hydrogen-bond acceptors (Lipinski definition) is 6. The van der Waals surface area contributed by atoms with Crippen molar-refractivity contribution in [3.05, 3.63) is 40.4 Å². The van der Waals surface area contributed by atoms with Gasteiger partial charge in [-0.3, -0.25) is 5.43 Å². The second-order valence-electron chi connectivity index (χ2n) is 3.93. The molecule has 0 aliphatic heterocycles. The third kappa shape index (κ3) is 3.33. The van der Waals surface area contributed by atoms with Crippen LogP contribution in [0.15, 0.2) is 28.7 Å². The Balaban J connectivity index is 2.18. The van der Waals surface area contributed by atoms with E-state index in [1.165, 1.54) is 36.8 Å². The first-order valence-corrected chi connectivity index (χ1v) is 6.60. The minimum Gasteiger partial charge on any atom is -0.496 e. The quantitative estimate of drug-likeness (QED) is 0.653. The van der Waals surface area contributed by atoms with Crippen LogP contribution in [0.4, 0.5) is 5.13 Å². The Bertz CT molecular complexity index is 652. The number of nitrogens with one attached hydrogen (secondary N) is 1. The van der Waals surface area contributed by atoms with Crippen LogP contribution < -0.4 is 10.2 Å². The topological polar surface area (TPSA) is 83.8 Å².